The first-order chi connectivity index (χ1) is 11.8. The molecule has 1 aliphatic carbocycles. The standard InChI is InChI=1S/C17H29N4O3/c1-2-22-11-12-24-17-16(18)13-21(19-17)15-5-3-14(4-6-15)20-7-9-23-10-8-20/h13,15H,2-12,18H2,1H3/q+1. The fourth-order valence-corrected chi connectivity index (χ4v) is 3.43. The largest absolute Gasteiger partial charge is 0.473 e. The molecule has 1 aliphatic heterocycles. The normalized spacial score (nSPS) is 22.0. The van der Waals surface area contributed by atoms with Crippen LogP contribution in [-0.2, 0) is 9.47 Å². The fraction of sp³-hybridized carbons (Fsp3) is 0.765. The van der Waals surface area contributed by atoms with Crippen molar-refractivity contribution in [3.8, 4) is 5.88 Å². The van der Waals surface area contributed by atoms with Crippen LogP contribution in [0.3, 0.4) is 0 Å². The van der Waals surface area contributed by atoms with Crippen LogP contribution < -0.4 is 10.5 Å². The molecule has 2 heterocycles. The molecule has 0 spiro atoms. The van der Waals surface area contributed by atoms with Gasteiger partial charge < -0.3 is 19.9 Å². The Hall–Kier alpha value is -1.60. The summed E-state index contributed by atoms with van der Waals surface area (Å²) in [6.07, 6.45) is 6.37. The van der Waals surface area contributed by atoms with Gasteiger partial charge in [-0.2, -0.15) is 0 Å². The topological polar surface area (TPSA) is 74.5 Å². The Balaban J connectivity index is 1.54. The van der Waals surface area contributed by atoms with Gasteiger partial charge in [0.25, 0.3) is 5.88 Å². The number of nitrogens with zero attached hydrogens (tertiary/aromatic N) is 3. The monoisotopic (exact) mass is 337 g/mol. The molecule has 1 saturated carbocycles. The van der Waals surface area contributed by atoms with Crippen LogP contribution in [-0.4, -0.2) is 66.2 Å². The molecule has 0 bridgehead atoms. The van der Waals surface area contributed by atoms with E-state index in [1.54, 1.807) is 5.71 Å². The number of ether oxygens (including phenoxy) is 3. The van der Waals surface area contributed by atoms with E-state index in [0.717, 1.165) is 52.0 Å². The molecule has 1 aromatic rings. The van der Waals surface area contributed by atoms with Gasteiger partial charge >= 0.3 is 0 Å². The van der Waals surface area contributed by atoms with Gasteiger partial charge in [0.2, 0.25) is 0 Å². The molecular weight excluding hydrogens is 308 g/mol. The number of anilines is 1. The highest BCUT2D eigenvalue weighted by Gasteiger charge is 2.27. The van der Waals surface area contributed by atoms with Gasteiger partial charge in [0, 0.05) is 19.4 Å². The average molecular weight is 337 g/mol. The van der Waals surface area contributed by atoms with E-state index in [4.69, 9.17) is 19.9 Å². The summed E-state index contributed by atoms with van der Waals surface area (Å²) in [5, 5.41) is 4.54. The highest BCUT2D eigenvalue weighted by molar-refractivity contribution is 5.80. The van der Waals surface area contributed by atoms with Gasteiger partial charge in [0.05, 0.1) is 18.8 Å². The molecule has 0 unspecified atom stereocenters. The summed E-state index contributed by atoms with van der Waals surface area (Å²) in [6, 6.07) is 0.404. The predicted octanol–water partition coefficient (Wildman–Crippen LogP) is 1.48. The minimum Gasteiger partial charge on any atom is -0.473 e. The van der Waals surface area contributed by atoms with Crippen LogP contribution in [0.15, 0.2) is 6.20 Å². The van der Waals surface area contributed by atoms with Gasteiger partial charge in [-0.15, -0.1) is 5.10 Å². The van der Waals surface area contributed by atoms with Gasteiger partial charge in [-0.05, 0) is 19.8 Å². The molecule has 0 amide bonds. The highest BCUT2D eigenvalue weighted by Crippen LogP contribution is 2.29. The number of nitrogens with two attached hydrogens (primary N) is 1. The number of morpholine rings is 1. The molecule has 0 atom stereocenters. The second kappa shape index (κ2) is 8.48. The van der Waals surface area contributed by atoms with Crippen molar-refractivity contribution >= 4 is 11.4 Å². The van der Waals surface area contributed by atoms with Crippen LogP contribution in [0.25, 0.3) is 0 Å². The molecule has 0 radical (unpaired) electrons. The Morgan fingerprint density at radius 2 is 2.04 bits per heavy atom. The van der Waals surface area contributed by atoms with Gasteiger partial charge in [-0.25, -0.2) is 4.58 Å². The highest BCUT2D eigenvalue weighted by atomic mass is 16.5. The first-order valence-electron chi connectivity index (χ1n) is 9.00. The van der Waals surface area contributed by atoms with E-state index >= 15 is 0 Å². The van der Waals surface area contributed by atoms with Crippen molar-refractivity contribution in [2.45, 2.75) is 38.6 Å². The summed E-state index contributed by atoms with van der Waals surface area (Å²) >= 11 is 0. The van der Waals surface area contributed by atoms with Crippen LogP contribution in [0.4, 0.5) is 5.69 Å². The number of nitrogen functional groups attached to an aromatic ring is 1. The molecule has 24 heavy (non-hydrogen) atoms. The van der Waals surface area contributed by atoms with Crippen molar-refractivity contribution in [3.05, 3.63) is 6.20 Å². The zero-order valence-corrected chi connectivity index (χ0v) is 14.6. The van der Waals surface area contributed by atoms with E-state index in [-0.39, 0.29) is 0 Å². The maximum Gasteiger partial charge on any atom is 0.256 e. The Labute approximate surface area is 143 Å². The average Bonchev–Trinajstić information content (AvgIpc) is 3.00. The second-order valence-corrected chi connectivity index (χ2v) is 6.31. The maximum absolute atomic E-state index is 6.03. The summed E-state index contributed by atoms with van der Waals surface area (Å²) in [6.45, 7) is 7.47. The van der Waals surface area contributed by atoms with E-state index in [2.05, 4.69) is 9.67 Å². The molecule has 2 N–H and O–H groups in total. The minimum absolute atomic E-state index is 0.404. The molecule has 134 valence electrons. The molecule has 2 aliphatic rings. The number of rotatable bonds is 6. The molecule has 3 rings (SSSR count). The van der Waals surface area contributed by atoms with Crippen LogP contribution in [0, 0.1) is 0 Å². The van der Waals surface area contributed by atoms with E-state index in [1.165, 1.54) is 0 Å². The second-order valence-electron chi connectivity index (χ2n) is 6.31. The van der Waals surface area contributed by atoms with Crippen molar-refractivity contribution in [1.82, 2.24) is 9.78 Å². The van der Waals surface area contributed by atoms with Gasteiger partial charge in [-0.3, -0.25) is 4.68 Å². The first-order valence-corrected chi connectivity index (χ1v) is 9.00. The lowest BCUT2D eigenvalue weighted by Crippen LogP contribution is -2.35. The van der Waals surface area contributed by atoms with Gasteiger partial charge in [0.1, 0.15) is 25.5 Å². The lowest BCUT2D eigenvalue weighted by atomic mass is 9.93. The SMILES string of the molecule is CCOCCOc1nn(C2CCC(=[N+]3CCOCC3)CC2)cc1N. The number of hydrogen-bond donors (Lipinski definition) is 1. The predicted molar refractivity (Wildman–Crippen MR) is 92.0 cm³/mol. The Kier molecular flexibility index (Phi) is 6.09. The minimum atomic E-state index is 0.404. The van der Waals surface area contributed by atoms with E-state index in [9.17, 15) is 0 Å². The Bertz CT molecular complexity index is 552. The van der Waals surface area contributed by atoms with E-state index in [0.29, 0.717) is 37.4 Å². The molecule has 1 saturated heterocycles. The zero-order valence-electron chi connectivity index (χ0n) is 14.6. The molecule has 0 aromatic carbocycles. The maximum atomic E-state index is 6.03. The summed E-state index contributed by atoms with van der Waals surface area (Å²) in [5.41, 5.74) is 8.21. The lowest BCUT2D eigenvalue weighted by Gasteiger charge is -2.24. The number of aromatic nitrogens is 2. The molecular formula is C17H29N4O3+. The third-order valence-electron chi connectivity index (χ3n) is 4.76. The summed E-state index contributed by atoms with van der Waals surface area (Å²) in [5.74, 6) is 0.526. The van der Waals surface area contributed by atoms with Crippen molar-refractivity contribution < 1.29 is 18.8 Å². The summed E-state index contributed by atoms with van der Waals surface area (Å²) in [4.78, 5) is 0. The lowest BCUT2D eigenvalue weighted by molar-refractivity contribution is -0.551. The third kappa shape index (κ3) is 4.27. The third-order valence-corrected chi connectivity index (χ3v) is 4.76. The molecule has 2 fully saturated rings. The van der Waals surface area contributed by atoms with Gasteiger partial charge in [-0.1, -0.05) is 0 Å². The van der Waals surface area contributed by atoms with Crippen LogP contribution in [0.5, 0.6) is 5.88 Å². The van der Waals surface area contributed by atoms with Crippen LogP contribution >= 0.6 is 0 Å². The zero-order chi connectivity index (χ0) is 16.8. The van der Waals surface area contributed by atoms with Crippen LogP contribution in [0.2, 0.25) is 0 Å². The van der Waals surface area contributed by atoms with E-state index < -0.39 is 0 Å². The molecule has 7 heteroatoms. The van der Waals surface area contributed by atoms with Crippen molar-refractivity contribution in [2.75, 3.05) is 51.9 Å². The summed E-state index contributed by atoms with van der Waals surface area (Å²) in [7, 11) is 0. The van der Waals surface area contributed by atoms with Gasteiger partial charge in [0.15, 0.2) is 18.8 Å². The summed E-state index contributed by atoms with van der Waals surface area (Å²) < 4.78 is 20.8. The molecule has 7 nitrogen and oxygen atoms in total. The smallest absolute Gasteiger partial charge is 0.256 e. The quantitative estimate of drug-likeness (QED) is 0.629. The fourth-order valence-electron chi connectivity index (χ4n) is 3.43. The Morgan fingerprint density at radius 3 is 2.75 bits per heavy atom. The first kappa shape index (κ1) is 17.2. The molecule has 1 aromatic heterocycles. The Morgan fingerprint density at radius 1 is 1.29 bits per heavy atom. The van der Waals surface area contributed by atoms with Crippen molar-refractivity contribution in [2.24, 2.45) is 0 Å². The van der Waals surface area contributed by atoms with Crippen molar-refractivity contribution in [3.63, 3.8) is 0 Å². The van der Waals surface area contributed by atoms with Crippen LogP contribution in [0.1, 0.15) is 38.6 Å². The number of hydrogen-bond acceptors (Lipinski definition) is 5. The van der Waals surface area contributed by atoms with Crippen molar-refractivity contribution in [1.29, 1.82) is 0 Å². The van der Waals surface area contributed by atoms with E-state index in [1.807, 2.05) is 17.8 Å².